The Bertz CT molecular complexity index is 616. The highest BCUT2D eigenvalue weighted by molar-refractivity contribution is 7.80. The minimum atomic E-state index is -1.20. The number of nitrogens with one attached hydrogen (secondary N) is 4. The molecule has 0 spiro atoms. The number of aromatic amines is 2. The van der Waals surface area contributed by atoms with E-state index in [1.807, 2.05) is 4.98 Å². The van der Waals surface area contributed by atoms with Crippen molar-refractivity contribution in [2.75, 3.05) is 5.32 Å². The molecule has 1 aromatic heterocycles. The van der Waals surface area contributed by atoms with Crippen LogP contribution in [0.1, 0.15) is 6.92 Å². The Balaban J connectivity index is 2.71. The zero-order valence-electron chi connectivity index (χ0n) is 9.10. The number of carboxylic acid groups (broad SMARTS) is 1. The predicted octanol–water partition coefficient (Wildman–Crippen LogP) is -1.19. The smallest absolute Gasteiger partial charge is 0.351 e. The first-order valence-corrected chi connectivity index (χ1v) is 4.97. The Morgan fingerprint density at radius 2 is 2.17 bits per heavy atom. The molecule has 1 heterocycles. The molecule has 1 aromatic rings. The Morgan fingerprint density at radius 1 is 1.50 bits per heavy atom. The topological polar surface area (TPSA) is 139 Å². The van der Waals surface area contributed by atoms with E-state index in [1.165, 1.54) is 6.92 Å². The van der Waals surface area contributed by atoms with Crippen LogP contribution in [0.4, 0.5) is 5.69 Å². The van der Waals surface area contributed by atoms with Gasteiger partial charge in [0.25, 0.3) is 5.56 Å². The van der Waals surface area contributed by atoms with E-state index in [0.29, 0.717) is 0 Å². The van der Waals surface area contributed by atoms with E-state index in [0.717, 1.165) is 6.20 Å². The van der Waals surface area contributed by atoms with Gasteiger partial charge in [0.1, 0.15) is 11.4 Å². The van der Waals surface area contributed by atoms with Crippen LogP contribution in [0.3, 0.4) is 0 Å². The number of hydrogen-bond donors (Lipinski definition) is 5. The van der Waals surface area contributed by atoms with Crippen LogP contribution in [0.25, 0.3) is 0 Å². The number of hydrogen-bond acceptors (Lipinski definition) is 5. The second kappa shape index (κ2) is 5.72. The number of hydrazone groups is 1. The van der Waals surface area contributed by atoms with Crippen molar-refractivity contribution in [2.24, 2.45) is 5.10 Å². The number of nitrogens with zero attached hydrogens (tertiary/aromatic N) is 1. The number of carboxylic acids is 1. The Kier molecular flexibility index (Phi) is 4.32. The highest BCUT2D eigenvalue weighted by Gasteiger charge is 2.04. The van der Waals surface area contributed by atoms with Gasteiger partial charge in [-0.1, -0.05) is 0 Å². The van der Waals surface area contributed by atoms with Gasteiger partial charge in [0.15, 0.2) is 5.11 Å². The molecule has 1 rings (SSSR count). The van der Waals surface area contributed by atoms with Gasteiger partial charge in [-0.15, -0.1) is 0 Å². The van der Waals surface area contributed by atoms with Gasteiger partial charge in [-0.05, 0) is 19.1 Å². The van der Waals surface area contributed by atoms with Crippen molar-refractivity contribution in [3.8, 4) is 0 Å². The summed E-state index contributed by atoms with van der Waals surface area (Å²) in [5.41, 5.74) is 0.719. The maximum absolute atomic E-state index is 11.3. The molecule has 0 amide bonds. The lowest BCUT2D eigenvalue weighted by atomic mass is 10.4. The standard InChI is InChI=1S/C8H9N5O4S/c1-3(6(15)16)12-13-8(18)10-4-2-9-7(17)11-5(4)14/h2H,1H3,(H,15,16)(H2,10,13,18)(H2,9,11,14,17)/b12-3-. The summed E-state index contributed by atoms with van der Waals surface area (Å²) >= 11 is 4.77. The number of thiocarbonyl (C=S) groups is 1. The Morgan fingerprint density at radius 3 is 2.72 bits per heavy atom. The molecule has 0 saturated carbocycles. The molecule has 0 aliphatic heterocycles. The van der Waals surface area contributed by atoms with Crippen molar-refractivity contribution in [1.82, 2.24) is 15.4 Å². The van der Waals surface area contributed by atoms with E-state index < -0.39 is 17.2 Å². The summed E-state index contributed by atoms with van der Waals surface area (Å²) in [5, 5.41) is 14.3. The maximum atomic E-state index is 11.3. The van der Waals surface area contributed by atoms with Crippen molar-refractivity contribution in [3.05, 3.63) is 27.0 Å². The van der Waals surface area contributed by atoms with Crippen molar-refractivity contribution in [3.63, 3.8) is 0 Å². The van der Waals surface area contributed by atoms with Crippen LogP contribution >= 0.6 is 12.2 Å². The van der Waals surface area contributed by atoms with Crippen LogP contribution in [0.2, 0.25) is 0 Å². The second-order valence-corrected chi connectivity index (χ2v) is 3.46. The molecule has 0 unspecified atom stereocenters. The van der Waals surface area contributed by atoms with Crippen LogP contribution in [0, 0.1) is 0 Å². The molecule has 18 heavy (non-hydrogen) atoms. The van der Waals surface area contributed by atoms with Crippen molar-refractivity contribution in [1.29, 1.82) is 0 Å². The molecule has 0 atom stereocenters. The molecule has 0 aliphatic rings. The lowest BCUT2D eigenvalue weighted by Crippen LogP contribution is -2.31. The lowest BCUT2D eigenvalue weighted by Gasteiger charge is -2.05. The molecule has 0 bridgehead atoms. The second-order valence-electron chi connectivity index (χ2n) is 3.05. The van der Waals surface area contributed by atoms with Gasteiger partial charge in [0.05, 0.1) is 0 Å². The first-order chi connectivity index (χ1) is 8.40. The highest BCUT2D eigenvalue weighted by atomic mass is 32.1. The summed E-state index contributed by atoms with van der Waals surface area (Å²) < 4.78 is 0. The third kappa shape index (κ3) is 3.83. The molecule has 0 aromatic carbocycles. The van der Waals surface area contributed by atoms with Crippen LogP contribution in [0.5, 0.6) is 0 Å². The number of aromatic nitrogens is 2. The number of rotatable bonds is 3. The zero-order valence-corrected chi connectivity index (χ0v) is 9.92. The van der Waals surface area contributed by atoms with E-state index in [4.69, 9.17) is 17.3 Å². The summed E-state index contributed by atoms with van der Waals surface area (Å²) in [7, 11) is 0. The largest absolute Gasteiger partial charge is 0.477 e. The van der Waals surface area contributed by atoms with Crippen LogP contribution in [0.15, 0.2) is 20.9 Å². The van der Waals surface area contributed by atoms with E-state index in [1.54, 1.807) is 0 Å². The van der Waals surface area contributed by atoms with Gasteiger partial charge in [0, 0.05) is 6.20 Å². The molecular formula is C8H9N5O4S. The quantitative estimate of drug-likeness (QED) is 0.264. The molecule has 0 radical (unpaired) electrons. The average Bonchev–Trinajstić information content (AvgIpc) is 2.29. The molecule has 0 fully saturated rings. The number of aliphatic carboxylic acids is 1. The fourth-order valence-corrected chi connectivity index (χ4v) is 0.991. The molecule has 0 saturated heterocycles. The maximum Gasteiger partial charge on any atom is 0.351 e. The van der Waals surface area contributed by atoms with Gasteiger partial charge in [-0.25, -0.2) is 9.59 Å². The van der Waals surface area contributed by atoms with Crippen molar-refractivity contribution >= 4 is 34.7 Å². The minimum absolute atomic E-state index is 0.00437. The number of anilines is 1. The highest BCUT2D eigenvalue weighted by Crippen LogP contribution is 1.91. The number of carbonyl (C=O) groups is 1. The van der Waals surface area contributed by atoms with E-state index in [2.05, 4.69) is 20.8 Å². The molecule has 5 N–H and O–H groups in total. The summed E-state index contributed by atoms with van der Waals surface area (Å²) in [6.07, 6.45) is 1.13. The third-order valence-electron chi connectivity index (χ3n) is 1.70. The monoisotopic (exact) mass is 271 g/mol. The van der Waals surface area contributed by atoms with E-state index in [-0.39, 0.29) is 16.5 Å². The van der Waals surface area contributed by atoms with Crippen LogP contribution < -0.4 is 22.0 Å². The SMILES string of the molecule is C/C(=N/NC(=S)Nc1c[nH]c(=O)[nH]c1=O)C(=O)O. The lowest BCUT2D eigenvalue weighted by molar-refractivity contribution is -0.129. The molecule has 96 valence electrons. The van der Waals surface area contributed by atoms with Gasteiger partial charge >= 0.3 is 11.7 Å². The molecule has 0 aliphatic carbocycles. The first kappa shape index (κ1) is 13.6. The summed E-state index contributed by atoms with van der Waals surface area (Å²) in [6.45, 7) is 1.27. The molecule has 10 heteroatoms. The average molecular weight is 271 g/mol. The van der Waals surface area contributed by atoms with Gasteiger partial charge in [-0.2, -0.15) is 5.10 Å². The fourth-order valence-electron chi connectivity index (χ4n) is 0.835. The Labute approximate surface area is 105 Å². The minimum Gasteiger partial charge on any atom is -0.477 e. The van der Waals surface area contributed by atoms with Gasteiger partial charge in [0.2, 0.25) is 0 Å². The summed E-state index contributed by atoms with van der Waals surface area (Å²) in [6, 6.07) is 0. The number of H-pyrrole nitrogens is 2. The van der Waals surface area contributed by atoms with Crippen molar-refractivity contribution < 1.29 is 9.90 Å². The normalized spacial score (nSPS) is 10.8. The zero-order chi connectivity index (χ0) is 13.7. The predicted molar refractivity (Wildman–Crippen MR) is 67.8 cm³/mol. The van der Waals surface area contributed by atoms with Gasteiger partial charge < -0.3 is 15.4 Å². The molecular weight excluding hydrogens is 262 g/mol. The van der Waals surface area contributed by atoms with Crippen molar-refractivity contribution in [2.45, 2.75) is 6.92 Å². The summed E-state index contributed by atoms with van der Waals surface area (Å²) in [5.74, 6) is -1.20. The van der Waals surface area contributed by atoms with E-state index >= 15 is 0 Å². The summed E-state index contributed by atoms with van der Waals surface area (Å²) in [4.78, 5) is 36.7. The fraction of sp³-hybridized carbons (Fsp3) is 0.125. The van der Waals surface area contributed by atoms with Gasteiger partial charge in [-0.3, -0.25) is 15.2 Å². The van der Waals surface area contributed by atoms with E-state index in [9.17, 15) is 14.4 Å². The van der Waals surface area contributed by atoms with Crippen LogP contribution in [-0.4, -0.2) is 31.9 Å². The molecule has 9 nitrogen and oxygen atoms in total. The third-order valence-corrected chi connectivity index (χ3v) is 1.90. The first-order valence-electron chi connectivity index (χ1n) is 4.56. The van der Waals surface area contributed by atoms with Crippen LogP contribution in [-0.2, 0) is 4.79 Å². The Hall–Kier alpha value is -2.49.